The molecule has 0 amide bonds. The van der Waals surface area contributed by atoms with E-state index >= 15 is 0 Å². The molecule has 2 heterocycles. The third kappa shape index (κ3) is 1.55. The summed E-state index contributed by atoms with van der Waals surface area (Å²) in [6.07, 6.45) is 3.24. The molecule has 0 aliphatic rings. The third-order valence-corrected chi connectivity index (χ3v) is 2.16. The Morgan fingerprint density at radius 1 is 1.36 bits per heavy atom. The van der Waals surface area contributed by atoms with Crippen molar-refractivity contribution in [2.45, 2.75) is 19.9 Å². The molecule has 1 atom stereocenters. The Morgan fingerprint density at radius 2 is 2.14 bits per heavy atom. The lowest BCUT2D eigenvalue weighted by atomic mass is 10.4. The maximum Gasteiger partial charge on any atom is 0.168 e. The summed E-state index contributed by atoms with van der Waals surface area (Å²) in [5.74, 6) is 0.784. The van der Waals surface area contributed by atoms with Crippen molar-refractivity contribution >= 4 is 26.4 Å². The van der Waals surface area contributed by atoms with Crippen LogP contribution in [-0.4, -0.2) is 25.3 Å². The number of fused-ring (bicyclic) bond motifs is 1. The highest BCUT2D eigenvalue weighted by Gasteiger charge is 2.08. The molecular formula is C8H12N5P. The summed E-state index contributed by atoms with van der Waals surface area (Å²) in [6.45, 7) is 4.12. The minimum absolute atomic E-state index is 0.336. The zero-order valence-electron chi connectivity index (χ0n) is 8.10. The molecule has 5 nitrogen and oxygen atoms in total. The Balaban J connectivity index is 2.54. The quantitative estimate of drug-likeness (QED) is 0.757. The summed E-state index contributed by atoms with van der Waals surface area (Å²) in [7, 11) is 2.53. The van der Waals surface area contributed by atoms with Crippen LogP contribution < -0.4 is 5.32 Å². The van der Waals surface area contributed by atoms with E-state index in [9.17, 15) is 0 Å². The van der Waals surface area contributed by atoms with Crippen molar-refractivity contribution in [3.8, 4) is 0 Å². The van der Waals surface area contributed by atoms with Gasteiger partial charge in [0.1, 0.15) is 12.7 Å². The average Bonchev–Trinajstić information content (AvgIpc) is 2.49. The largest absolute Gasteiger partial charge is 0.366 e. The van der Waals surface area contributed by atoms with Crippen LogP contribution in [0, 0.1) is 0 Å². The van der Waals surface area contributed by atoms with E-state index in [1.54, 1.807) is 10.7 Å². The van der Waals surface area contributed by atoms with E-state index in [1.165, 1.54) is 6.33 Å². The molecule has 0 saturated carbocycles. The van der Waals surface area contributed by atoms with E-state index in [-0.39, 0.29) is 0 Å². The molecule has 14 heavy (non-hydrogen) atoms. The number of nitrogens with zero attached hydrogens (tertiary/aromatic N) is 4. The molecule has 0 fully saturated rings. The third-order valence-electron chi connectivity index (χ3n) is 1.78. The fourth-order valence-corrected chi connectivity index (χ4v) is 1.49. The molecule has 0 aliphatic carbocycles. The van der Waals surface area contributed by atoms with Gasteiger partial charge >= 0.3 is 0 Å². The van der Waals surface area contributed by atoms with Crippen LogP contribution in [0.1, 0.15) is 13.8 Å². The lowest BCUT2D eigenvalue weighted by Crippen LogP contribution is -2.11. The highest BCUT2D eigenvalue weighted by molar-refractivity contribution is 7.14. The Morgan fingerprint density at radius 3 is 2.86 bits per heavy atom. The van der Waals surface area contributed by atoms with E-state index in [4.69, 9.17) is 0 Å². The molecular weight excluding hydrogens is 197 g/mol. The predicted octanol–water partition coefficient (Wildman–Crippen LogP) is 1.28. The molecule has 2 rings (SSSR count). The summed E-state index contributed by atoms with van der Waals surface area (Å²) >= 11 is 0. The van der Waals surface area contributed by atoms with Gasteiger partial charge in [-0.05, 0) is 23.2 Å². The van der Waals surface area contributed by atoms with Gasteiger partial charge < -0.3 is 5.32 Å². The number of imidazole rings is 1. The molecule has 1 N–H and O–H groups in total. The highest BCUT2D eigenvalue weighted by Crippen LogP contribution is 2.18. The SMILES string of the molecule is CC(C)Nc1ncnc2c1ncn2P. The molecule has 0 spiro atoms. The Labute approximate surface area is 84.2 Å². The maximum atomic E-state index is 4.23. The Kier molecular flexibility index (Phi) is 2.33. The van der Waals surface area contributed by atoms with Gasteiger partial charge in [-0.2, -0.15) is 0 Å². The molecule has 0 saturated heterocycles. The monoisotopic (exact) mass is 209 g/mol. The zero-order valence-corrected chi connectivity index (χ0v) is 9.25. The van der Waals surface area contributed by atoms with Crippen molar-refractivity contribution in [2.75, 3.05) is 5.32 Å². The van der Waals surface area contributed by atoms with E-state index in [0.29, 0.717) is 6.04 Å². The first-order valence-electron chi connectivity index (χ1n) is 4.38. The summed E-state index contributed by atoms with van der Waals surface area (Å²) in [6, 6.07) is 0.336. The first-order valence-corrected chi connectivity index (χ1v) is 4.90. The zero-order chi connectivity index (χ0) is 10.1. The molecule has 0 aromatic carbocycles. The van der Waals surface area contributed by atoms with Crippen LogP contribution in [0.25, 0.3) is 11.2 Å². The number of aromatic nitrogens is 4. The highest BCUT2D eigenvalue weighted by atomic mass is 31.0. The smallest absolute Gasteiger partial charge is 0.168 e. The molecule has 74 valence electrons. The minimum atomic E-state index is 0.336. The van der Waals surface area contributed by atoms with Crippen LogP contribution in [0.3, 0.4) is 0 Å². The lowest BCUT2D eigenvalue weighted by Gasteiger charge is -2.08. The van der Waals surface area contributed by atoms with Gasteiger partial charge in [0.25, 0.3) is 0 Å². The van der Waals surface area contributed by atoms with Crippen molar-refractivity contribution in [3.05, 3.63) is 12.7 Å². The van der Waals surface area contributed by atoms with Gasteiger partial charge in [-0.1, -0.05) is 0 Å². The normalized spacial score (nSPS) is 11.1. The second-order valence-corrected chi connectivity index (χ2v) is 3.90. The topological polar surface area (TPSA) is 55.6 Å². The van der Waals surface area contributed by atoms with E-state index in [1.807, 2.05) is 0 Å². The molecule has 6 heteroatoms. The second kappa shape index (κ2) is 3.50. The molecule has 0 aliphatic heterocycles. The van der Waals surface area contributed by atoms with Crippen LogP contribution in [-0.2, 0) is 0 Å². The number of hydrogen-bond donors (Lipinski definition) is 1. The summed E-state index contributed by atoms with van der Waals surface area (Å²) in [4.78, 5) is 12.5. The molecule has 2 aromatic rings. The fourth-order valence-electron chi connectivity index (χ4n) is 1.23. The average molecular weight is 209 g/mol. The number of hydrogen-bond acceptors (Lipinski definition) is 4. The lowest BCUT2D eigenvalue weighted by molar-refractivity contribution is 0.889. The van der Waals surface area contributed by atoms with Crippen LogP contribution in [0.5, 0.6) is 0 Å². The number of rotatable bonds is 2. The molecule has 1 unspecified atom stereocenters. The van der Waals surface area contributed by atoms with E-state index in [2.05, 4.69) is 43.5 Å². The first kappa shape index (κ1) is 9.34. The number of nitrogens with one attached hydrogen (secondary N) is 1. The second-order valence-electron chi connectivity index (χ2n) is 3.35. The van der Waals surface area contributed by atoms with E-state index in [0.717, 1.165) is 17.0 Å². The molecule has 0 radical (unpaired) electrons. The van der Waals surface area contributed by atoms with Crippen molar-refractivity contribution in [3.63, 3.8) is 0 Å². The maximum absolute atomic E-state index is 4.23. The van der Waals surface area contributed by atoms with Crippen LogP contribution in [0.4, 0.5) is 5.82 Å². The molecule has 2 aromatic heterocycles. The summed E-state index contributed by atoms with van der Waals surface area (Å²) in [5, 5.41) is 3.22. The standard InChI is InChI=1S/C8H12N5P/c1-5(2)12-7-6-8(10-3-9-7)13(14)4-11-6/h3-5H,14H2,1-2H3,(H,9,10,12). The van der Waals surface area contributed by atoms with Crippen LogP contribution in [0.15, 0.2) is 12.7 Å². The number of anilines is 1. The van der Waals surface area contributed by atoms with Crippen molar-refractivity contribution in [2.24, 2.45) is 0 Å². The van der Waals surface area contributed by atoms with Gasteiger partial charge in [-0.25, -0.2) is 15.0 Å². The predicted molar refractivity (Wildman–Crippen MR) is 59.2 cm³/mol. The van der Waals surface area contributed by atoms with Gasteiger partial charge in [-0.3, -0.25) is 4.34 Å². The van der Waals surface area contributed by atoms with Crippen molar-refractivity contribution in [1.29, 1.82) is 0 Å². The summed E-state index contributed by atoms with van der Waals surface area (Å²) in [5.41, 5.74) is 1.62. The van der Waals surface area contributed by atoms with Gasteiger partial charge in [0, 0.05) is 6.04 Å². The first-order chi connectivity index (χ1) is 6.68. The Hall–Kier alpha value is -1.22. The molecule has 0 bridgehead atoms. The summed E-state index contributed by atoms with van der Waals surface area (Å²) < 4.78 is 1.79. The van der Waals surface area contributed by atoms with Gasteiger partial charge in [0.2, 0.25) is 0 Å². The fraction of sp³-hybridized carbons (Fsp3) is 0.375. The van der Waals surface area contributed by atoms with Crippen molar-refractivity contribution < 1.29 is 0 Å². The van der Waals surface area contributed by atoms with Gasteiger partial charge in [0.15, 0.2) is 17.0 Å². The van der Waals surface area contributed by atoms with Gasteiger partial charge in [0.05, 0.1) is 0 Å². The van der Waals surface area contributed by atoms with Crippen LogP contribution >= 0.6 is 9.39 Å². The van der Waals surface area contributed by atoms with Crippen LogP contribution in [0.2, 0.25) is 0 Å². The Bertz CT molecular complexity index is 450. The van der Waals surface area contributed by atoms with Gasteiger partial charge in [-0.15, -0.1) is 0 Å². The van der Waals surface area contributed by atoms with Crippen molar-refractivity contribution in [1.82, 2.24) is 19.3 Å². The minimum Gasteiger partial charge on any atom is -0.366 e. The van der Waals surface area contributed by atoms with E-state index < -0.39 is 0 Å².